The Morgan fingerprint density at radius 2 is 1.94 bits per heavy atom. The highest BCUT2D eigenvalue weighted by atomic mass is 16.5. The smallest absolute Gasteiger partial charge is 0.319 e. The summed E-state index contributed by atoms with van der Waals surface area (Å²) in [6.45, 7) is 7.25. The summed E-state index contributed by atoms with van der Waals surface area (Å²) >= 11 is 0. The van der Waals surface area contributed by atoms with E-state index in [2.05, 4.69) is 42.6 Å². The lowest BCUT2D eigenvalue weighted by molar-refractivity contribution is 0.0866. The molecule has 0 saturated carbocycles. The van der Waals surface area contributed by atoms with Crippen molar-refractivity contribution in [3.05, 3.63) is 53.7 Å². The molecule has 3 aromatic rings. The second-order valence-electron chi connectivity index (χ2n) is 9.69. The normalized spacial score (nSPS) is 15.8. The number of amides is 2. The largest absolute Gasteiger partial charge is 0.493 e. The number of carbonyl (C=O) groups is 2. The van der Waals surface area contributed by atoms with E-state index in [1.165, 1.54) is 4.68 Å². The molecule has 8 heteroatoms. The van der Waals surface area contributed by atoms with Gasteiger partial charge in [-0.05, 0) is 37.2 Å². The number of ether oxygens (including phenoxy) is 1. The summed E-state index contributed by atoms with van der Waals surface area (Å²) < 4.78 is 7.38. The fraction of sp³-hybridized carbons (Fsp3) is 0.400. The van der Waals surface area contributed by atoms with Crippen molar-refractivity contribution in [3.63, 3.8) is 0 Å². The number of carbonyl (C=O) groups excluding carboxylic acids is 2. The van der Waals surface area contributed by atoms with Crippen LogP contribution >= 0.6 is 0 Å². The molecule has 4 rings (SSSR count). The van der Waals surface area contributed by atoms with Crippen molar-refractivity contribution in [3.8, 4) is 5.75 Å². The number of fused-ring (bicyclic) bond motifs is 2. The van der Waals surface area contributed by atoms with Crippen LogP contribution in [0.4, 0.5) is 10.5 Å². The predicted octanol–water partition coefficient (Wildman–Crippen LogP) is 4.18. The van der Waals surface area contributed by atoms with Gasteiger partial charge in [0.25, 0.3) is 5.91 Å². The third-order valence-corrected chi connectivity index (χ3v) is 5.74. The number of rotatable bonds is 4. The minimum Gasteiger partial charge on any atom is -0.493 e. The maximum absolute atomic E-state index is 12.9. The fourth-order valence-electron chi connectivity index (χ4n) is 4.18. The highest BCUT2D eigenvalue weighted by Crippen LogP contribution is 2.40. The number of hydrogen-bond donors (Lipinski definition) is 2. The van der Waals surface area contributed by atoms with Gasteiger partial charge in [-0.15, -0.1) is 0 Å². The molecule has 2 heterocycles. The predicted molar refractivity (Wildman–Crippen MR) is 129 cm³/mol. The third kappa shape index (κ3) is 4.71. The maximum Gasteiger partial charge on any atom is 0.319 e. The minimum absolute atomic E-state index is 0.0602. The van der Waals surface area contributed by atoms with Crippen molar-refractivity contribution in [2.45, 2.75) is 38.6 Å². The maximum atomic E-state index is 12.9. The van der Waals surface area contributed by atoms with Gasteiger partial charge in [0.05, 0.1) is 36.6 Å². The number of nitrogens with one attached hydrogen (secondary N) is 2. The first-order chi connectivity index (χ1) is 15.6. The molecule has 8 nitrogen and oxygen atoms in total. The van der Waals surface area contributed by atoms with Crippen LogP contribution in [0.1, 0.15) is 49.2 Å². The summed E-state index contributed by atoms with van der Waals surface area (Å²) in [6.07, 6.45) is 2.30. The molecule has 0 radical (unpaired) electrons. The number of urea groups is 1. The lowest BCUT2D eigenvalue weighted by atomic mass is 9.83. The topological polar surface area (TPSA) is 88.5 Å². The monoisotopic (exact) mass is 449 g/mol. The Labute approximate surface area is 193 Å². The quantitative estimate of drug-likeness (QED) is 0.624. The summed E-state index contributed by atoms with van der Waals surface area (Å²) in [5.74, 6) is 0.731. The number of para-hydroxylation sites is 1. The van der Waals surface area contributed by atoms with Crippen LogP contribution in [0.2, 0.25) is 0 Å². The number of nitrogens with zero attached hydrogens (tertiary/aromatic N) is 3. The van der Waals surface area contributed by atoms with Gasteiger partial charge in [0.15, 0.2) is 0 Å². The molecule has 0 spiro atoms. The van der Waals surface area contributed by atoms with Gasteiger partial charge < -0.3 is 20.3 Å². The van der Waals surface area contributed by atoms with Crippen molar-refractivity contribution in [2.75, 3.05) is 32.6 Å². The van der Waals surface area contributed by atoms with Crippen LogP contribution in [0.3, 0.4) is 0 Å². The zero-order valence-corrected chi connectivity index (χ0v) is 19.8. The molecule has 1 aliphatic heterocycles. The molecule has 0 fully saturated rings. The molecule has 2 amide bonds. The Hall–Kier alpha value is -3.39. The second kappa shape index (κ2) is 8.86. The Morgan fingerprint density at radius 1 is 1.18 bits per heavy atom. The number of aromatic nitrogens is 2. The van der Waals surface area contributed by atoms with Crippen LogP contribution in [-0.2, 0) is 5.41 Å². The van der Waals surface area contributed by atoms with Crippen LogP contribution in [0.25, 0.3) is 10.9 Å². The van der Waals surface area contributed by atoms with E-state index in [9.17, 15) is 9.59 Å². The van der Waals surface area contributed by atoms with Gasteiger partial charge in [-0.25, -0.2) is 4.79 Å². The van der Waals surface area contributed by atoms with Crippen molar-refractivity contribution in [2.24, 2.45) is 0 Å². The summed E-state index contributed by atoms with van der Waals surface area (Å²) in [4.78, 5) is 27.2. The van der Waals surface area contributed by atoms with Crippen molar-refractivity contribution >= 4 is 28.5 Å². The zero-order valence-electron chi connectivity index (χ0n) is 19.8. The number of hydrogen-bond acceptors (Lipinski definition) is 5. The van der Waals surface area contributed by atoms with Gasteiger partial charge in [0.1, 0.15) is 5.75 Å². The summed E-state index contributed by atoms with van der Waals surface area (Å²) in [7, 11) is 3.67. The van der Waals surface area contributed by atoms with Gasteiger partial charge in [-0.1, -0.05) is 45.0 Å². The van der Waals surface area contributed by atoms with Crippen molar-refractivity contribution in [1.29, 1.82) is 0 Å². The summed E-state index contributed by atoms with van der Waals surface area (Å²) in [5.41, 5.74) is 3.32. The SMILES string of the molecule is CN(C)CC(=O)n1ncc2c(NC(=O)NC3CCOc4c3cccc4C(C)(C)C)cccc21. The lowest BCUT2D eigenvalue weighted by Gasteiger charge is -2.31. The van der Waals surface area contributed by atoms with Crippen molar-refractivity contribution < 1.29 is 14.3 Å². The highest BCUT2D eigenvalue weighted by Gasteiger charge is 2.29. The average molecular weight is 450 g/mol. The van der Waals surface area contributed by atoms with E-state index in [0.717, 1.165) is 16.9 Å². The van der Waals surface area contributed by atoms with Crippen LogP contribution in [-0.4, -0.2) is 53.9 Å². The van der Waals surface area contributed by atoms with E-state index in [4.69, 9.17) is 4.74 Å². The fourth-order valence-corrected chi connectivity index (χ4v) is 4.18. The average Bonchev–Trinajstić information content (AvgIpc) is 3.18. The number of anilines is 1. The Bertz CT molecular complexity index is 1190. The van der Waals surface area contributed by atoms with Gasteiger partial charge in [-0.3, -0.25) is 4.79 Å². The second-order valence-corrected chi connectivity index (χ2v) is 9.69. The van der Waals surface area contributed by atoms with Crippen LogP contribution in [0.15, 0.2) is 42.6 Å². The van der Waals surface area contributed by atoms with E-state index in [-0.39, 0.29) is 29.9 Å². The first kappa shape index (κ1) is 22.8. The molecule has 1 aliphatic rings. The molecule has 174 valence electrons. The summed E-state index contributed by atoms with van der Waals surface area (Å²) in [6, 6.07) is 11.1. The van der Waals surface area contributed by atoms with E-state index >= 15 is 0 Å². The minimum atomic E-state index is -0.311. The Morgan fingerprint density at radius 3 is 2.67 bits per heavy atom. The molecular formula is C25H31N5O3. The molecule has 1 atom stereocenters. The molecule has 2 N–H and O–H groups in total. The van der Waals surface area contributed by atoms with E-state index in [1.807, 2.05) is 32.3 Å². The molecule has 0 bridgehead atoms. The third-order valence-electron chi connectivity index (χ3n) is 5.74. The van der Waals surface area contributed by atoms with Crippen LogP contribution in [0.5, 0.6) is 5.75 Å². The molecular weight excluding hydrogens is 418 g/mol. The molecule has 1 unspecified atom stereocenters. The Balaban J connectivity index is 1.54. The van der Waals surface area contributed by atoms with E-state index < -0.39 is 0 Å². The zero-order chi connectivity index (χ0) is 23.8. The Kier molecular flexibility index (Phi) is 6.12. The first-order valence-electron chi connectivity index (χ1n) is 11.1. The molecule has 1 aromatic heterocycles. The van der Waals surface area contributed by atoms with Gasteiger partial charge >= 0.3 is 6.03 Å². The summed E-state index contributed by atoms with van der Waals surface area (Å²) in [5, 5.41) is 11.0. The molecule has 33 heavy (non-hydrogen) atoms. The molecule has 2 aromatic carbocycles. The highest BCUT2D eigenvalue weighted by molar-refractivity contribution is 6.03. The van der Waals surface area contributed by atoms with Gasteiger partial charge in [0, 0.05) is 17.4 Å². The van der Waals surface area contributed by atoms with E-state index in [0.29, 0.717) is 29.6 Å². The van der Waals surface area contributed by atoms with Gasteiger partial charge in [0.2, 0.25) is 0 Å². The lowest BCUT2D eigenvalue weighted by Crippen LogP contribution is -2.35. The molecule has 0 aliphatic carbocycles. The van der Waals surface area contributed by atoms with Crippen LogP contribution in [0, 0.1) is 0 Å². The standard InChI is InChI=1S/C25H31N5O3/c1-25(2,3)18-9-6-8-16-20(12-13-33-23(16)18)28-24(32)27-19-10-7-11-21-17(19)14-26-30(21)22(31)15-29(4)5/h6-11,14,20H,12-13,15H2,1-5H3,(H2,27,28,32). The molecule has 0 saturated heterocycles. The van der Waals surface area contributed by atoms with E-state index in [1.54, 1.807) is 23.2 Å². The van der Waals surface area contributed by atoms with Gasteiger partial charge in [-0.2, -0.15) is 9.78 Å². The van der Waals surface area contributed by atoms with Crippen LogP contribution < -0.4 is 15.4 Å². The number of benzene rings is 2. The first-order valence-corrected chi connectivity index (χ1v) is 11.1. The van der Waals surface area contributed by atoms with Crippen molar-refractivity contribution in [1.82, 2.24) is 20.0 Å². The number of likely N-dealkylation sites (N-methyl/N-ethyl adjacent to an activating group) is 1.